The van der Waals surface area contributed by atoms with Crippen LogP contribution in [0.15, 0.2) is 17.1 Å². The molecule has 0 fully saturated rings. The van der Waals surface area contributed by atoms with E-state index in [1.165, 1.54) is 17.4 Å². The second-order valence-electron chi connectivity index (χ2n) is 7.04. The van der Waals surface area contributed by atoms with E-state index in [4.69, 9.17) is 0 Å². The van der Waals surface area contributed by atoms with Gasteiger partial charge in [0.15, 0.2) is 11.4 Å². The van der Waals surface area contributed by atoms with Gasteiger partial charge in [0.25, 0.3) is 5.56 Å². The quantitative estimate of drug-likeness (QED) is 0.749. The Morgan fingerprint density at radius 2 is 2.08 bits per heavy atom. The van der Waals surface area contributed by atoms with Gasteiger partial charge >= 0.3 is 0 Å². The Morgan fingerprint density at radius 1 is 1.36 bits per heavy atom. The highest BCUT2D eigenvalue weighted by atomic mass is 32.1. The van der Waals surface area contributed by atoms with Crippen molar-refractivity contribution in [1.29, 1.82) is 0 Å². The lowest BCUT2D eigenvalue weighted by Crippen LogP contribution is -2.22. The third-order valence-corrected chi connectivity index (χ3v) is 4.83. The first-order valence-electron chi connectivity index (χ1n) is 7.91. The van der Waals surface area contributed by atoms with Gasteiger partial charge in [0, 0.05) is 30.1 Å². The predicted molar refractivity (Wildman–Crippen MR) is 99.9 cm³/mol. The molecule has 3 aromatic rings. The third kappa shape index (κ3) is 3.46. The fourth-order valence-corrected chi connectivity index (χ4v) is 3.30. The van der Waals surface area contributed by atoms with Crippen molar-refractivity contribution in [3.8, 4) is 0 Å². The van der Waals surface area contributed by atoms with Gasteiger partial charge in [-0.25, -0.2) is 4.98 Å². The van der Waals surface area contributed by atoms with E-state index >= 15 is 0 Å². The number of hydrogen-bond acceptors (Lipinski definition) is 5. The number of carbonyl (C=O) groups is 1. The Morgan fingerprint density at radius 3 is 2.76 bits per heavy atom. The topological polar surface area (TPSA) is 80.6 Å². The largest absolute Gasteiger partial charge is 0.313 e. The lowest BCUT2D eigenvalue weighted by molar-refractivity contribution is -0.119. The first kappa shape index (κ1) is 17.3. The molecular formula is C18H20N4O2S. The number of aromatic nitrogens is 4. The van der Waals surface area contributed by atoms with Crippen molar-refractivity contribution in [1.82, 2.24) is 19.7 Å². The standard InChI is InChI=1S/C18H20N4O2S/c1-10-12-6-11(9-19-16(12)22(5)21-10)7-13-17(24)20-15(25-13)8-14(23)18(2,3)4/h6-9H,1-5H3,(H,20,24)/b13-7+,15-8+. The Kier molecular flexibility index (Phi) is 4.20. The number of aryl methyl sites for hydroxylation is 2. The molecule has 0 bridgehead atoms. The van der Waals surface area contributed by atoms with Crippen LogP contribution in [-0.4, -0.2) is 25.5 Å². The Bertz CT molecular complexity index is 1140. The van der Waals surface area contributed by atoms with Crippen LogP contribution in [0, 0.1) is 12.3 Å². The van der Waals surface area contributed by atoms with Crippen molar-refractivity contribution < 1.29 is 4.79 Å². The van der Waals surface area contributed by atoms with Gasteiger partial charge in [0.05, 0.1) is 14.9 Å². The van der Waals surface area contributed by atoms with Crippen LogP contribution in [0.4, 0.5) is 0 Å². The first-order valence-corrected chi connectivity index (χ1v) is 8.73. The minimum absolute atomic E-state index is 0.0226. The van der Waals surface area contributed by atoms with E-state index in [2.05, 4.69) is 15.1 Å². The molecule has 0 atom stereocenters. The van der Waals surface area contributed by atoms with E-state index in [1.54, 1.807) is 17.0 Å². The number of ketones is 1. The molecule has 6 nitrogen and oxygen atoms in total. The number of hydrogen-bond donors (Lipinski definition) is 1. The van der Waals surface area contributed by atoms with E-state index in [0.717, 1.165) is 22.3 Å². The van der Waals surface area contributed by atoms with Gasteiger partial charge in [0.2, 0.25) is 0 Å². The Labute approximate surface area is 148 Å². The molecule has 0 saturated carbocycles. The molecule has 3 aromatic heterocycles. The highest BCUT2D eigenvalue weighted by Crippen LogP contribution is 2.17. The molecule has 0 spiro atoms. The Balaban J connectivity index is 2.08. The zero-order valence-corrected chi connectivity index (χ0v) is 15.7. The summed E-state index contributed by atoms with van der Waals surface area (Å²) >= 11 is 1.26. The average molecular weight is 356 g/mol. The summed E-state index contributed by atoms with van der Waals surface area (Å²) in [5.74, 6) is -0.0226. The number of thiazole rings is 1. The van der Waals surface area contributed by atoms with Crippen LogP contribution < -0.4 is 14.8 Å². The highest BCUT2D eigenvalue weighted by Gasteiger charge is 2.18. The fourth-order valence-electron chi connectivity index (χ4n) is 2.41. The molecular weight excluding hydrogens is 336 g/mol. The predicted octanol–water partition coefficient (Wildman–Crippen LogP) is 1.25. The molecule has 25 heavy (non-hydrogen) atoms. The molecule has 0 aliphatic heterocycles. The molecule has 0 unspecified atom stereocenters. The van der Waals surface area contributed by atoms with Crippen LogP contribution in [0.25, 0.3) is 23.2 Å². The van der Waals surface area contributed by atoms with Crippen molar-refractivity contribution in [2.75, 3.05) is 0 Å². The number of nitrogens with one attached hydrogen (secondary N) is 1. The molecule has 0 amide bonds. The van der Waals surface area contributed by atoms with Crippen molar-refractivity contribution in [2.45, 2.75) is 27.7 Å². The summed E-state index contributed by atoms with van der Waals surface area (Å²) in [7, 11) is 1.85. The molecule has 0 radical (unpaired) electrons. The number of rotatable bonds is 2. The molecule has 7 heteroatoms. The highest BCUT2D eigenvalue weighted by molar-refractivity contribution is 7.07. The summed E-state index contributed by atoms with van der Waals surface area (Å²) in [6, 6.07) is 1.97. The van der Waals surface area contributed by atoms with Gasteiger partial charge in [0.1, 0.15) is 0 Å². The van der Waals surface area contributed by atoms with Gasteiger partial charge in [-0.2, -0.15) is 5.10 Å². The number of H-pyrrole nitrogens is 1. The van der Waals surface area contributed by atoms with Gasteiger partial charge < -0.3 is 4.98 Å². The lowest BCUT2D eigenvalue weighted by atomic mass is 9.91. The fraction of sp³-hybridized carbons (Fsp3) is 0.333. The first-order chi connectivity index (χ1) is 11.6. The second kappa shape index (κ2) is 6.07. The number of Topliss-reactive ketones (excluding diaryl/α,β-unsaturated/α-hetero) is 1. The summed E-state index contributed by atoms with van der Waals surface area (Å²) in [5.41, 5.74) is 1.84. The zero-order valence-electron chi connectivity index (χ0n) is 14.9. The van der Waals surface area contributed by atoms with Crippen molar-refractivity contribution >= 4 is 40.3 Å². The van der Waals surface area contributed by atoms with Gasteiger partial charge in [-0.05, 0) is 24.6 Å². The maximum Gasteiger partial charge on any atom is 0.266 e. The van der Waals surface area contributed by atoms with Crippen LogP contribution in [0.1, 0.15) is 32.0 Å². The van der Waals surface area contributed by atoms with Crippen LogP contribution in [0.2, 0.25) is 0 Å². The van der Waals surface area contributed by atoms with E-state index in [0.29, 0.717) is 9.20 Å². The monoisotopic (exact) mass is 356 g/mol. The summed E-state index contributed by atoms with van der Waals surface area (Å²) < 4.78 is 2.83. The van der Waals surface area contributed by atoms with Gasteiger partial charge in [-0.3, -0.25) is 14.3 Å². The van der Waals surface area contributed by atoms with E-state index in [-0.39, 0.29) is 11.3 Å². The van der Waals surface area contributed by atoms with Gasteiger partial charge in [-0.1, -0.05) is 20.8 Å². The smallest absolute Gasteiger partial charge is 0.266 e. The number of pyridine rings is 1. The van der Waals surface area contributed by atoms with Crippen molar-refractivity contribution in [3.63, 3.8) is 0 Å². The lowest BCUT2D eigenvalue weighted by Gasteiger charge is -2.12. The minimum Gasteiger partial charge on any atom is -0.313 e. The number of carbonyl (C=O) groups excluding carboxylic acids is 1. The summed E-state index contributed by atoms with van der Waals surface area (Å²) in [4.78, 5) is 31.4. The van der Waals surface area contributed by atoms with E-state index in [1.807, 2.05) is 40.8 Å². The number of nitrogens with zero attached hydrogens (tertiary/aromatic N) is 3. The van der Waals surface area contributed by atoms with Crippen molar-refractivity contribution in [2.24, 2.45) is 12.5 Å². The average Bonchev–Trinajstić information content (AvgIpc) is 2.99. The number of fused-ring (bicyclic) bond motifs is 1. The van der Waals surface area contributed by atoms with Gasteiger partial charge in [-0.15, -0.1) is 11.3 Å². The van der Waals surface area contributed by atoms with Crippen molar-refractivity contribution in [3.05, 3.63) is 43.1 Å². The summed E-state index contributed by atoms with van der Waals surface area (Å²) in [6.45, 7) is 7.47. The maximum absolute atomic E-state index is 12.2. The molecule has 0 aliphatic rings. The van der Waals surface area contributed by atoms with E-state index in [9.17, 15) is 9.59 Å². The SMILES string of the molecule is Cc1nn(C)c2ncc(/C=c3/s/c(=C/C(=O)C(C)(C)C)[nH]c3=O)cc12. The minimum atomic E-state index is -0.475. The van der Waals surface area contributed by atoms with Crippen LogP contribution in [-0.2, 0) is 11.8 Å². The zero-order chi connectivity index (χ0) is 18.4. The van der Waals surface area contributed by atoms with E-state index < -0.39 is 5.41 Å². The number of aromatic amines is 1. The molecule has 3 rings (SSSR count). The summed E-state index contributed by atoms with van der Waals surface area (Å²) in [5, 5.41) is 5.31. The molecule has 1 N–H and O–H groups in total. The summed E-state index contributed by atoms with van der Waals surface area (Å²) in [6.07, 6.45) is 4.99. The molecule has 0 aliphatic carbocycles. The molecule has 0 saturated heterocycles. The third-order valence-electron chi connectivity index (χ3n) is 3.86. The normalized spacial score (nSPS) is 13.8. The molecule has 0 aromatic carbocycles. The van der Waals surface area contributed by atoms with Crippen LogP contribution in [0.5, 0.6) is 0 Å². The second-order valence-corrected chi connectivity index (χ2v) is 8.12. The van der Waals surface area contributed by atoms with Crippen LogP contribution in [0.3, 0.4) is 0 Å². The molecule has 3 heterocycles. The Hall–Kier alpha value is -2.54. The maximum atomic E-state index is 12.2. The van der Waals surface area contributed by atoms with Crippen LogP contribution >= 0.6 is 11.3 Å². The molecule has 130 valence electrons.